The van der Waals surface area contributed by atoms with Gasteiger partial charge in [0.2, 0.25) is 0 Å². The largest absolute Gasteiger partial charge is 0.300 e. The van der Waals surface area contributed by atoms with E-state index in [2.05, 4.69) is 26.6 Å². The first-order valence-corrected chi connectivity index (χ1v) is 7.38. The molecule has 1 saturated heterocycles. The summed E-state index contributed by atoms with van der Waals surface area (Å²) in [5.74, 6) is 0.759. The zero-order valence-corrected chi connectivity index (χ0v) is 11.1. The molecule has 1 fully saturated rings. The van der Waals surface area contributed by atoms with Gasteiger partial charge in [-0.05, 0) is 28.8 Å². The summed E-state index contributed by atoms with van der Waals surface area (Å²) in [6, 6.07) is 2.23. The number of nitrogens with zero attached hydrogens (tertiary/aromatic N) is 2. The predicted octanol–water partition coefficient (Wildman–Crippen LogP) is 2.15. The van der Waals surface area contributed by atoms with Crippen molar-refractivity contribution in [1.82, 2.24) is 9.80 Å². The molecule has 4 heteroatoms. The Balaban J connectivity index is 1.65. The fraction of sp³-hybridized carbons (Fsp3) is 0.667. The number of hydrogen-bond donors (Lipinski definition) is 0. The van der Waals surface area contributed by atoms with E-state index in [-0.39, 0.29) is 0 Å². The molecule has 2 rings (SSSR count). The standard InChI is InChI=1S/C12H19ClN2S/c13-3-5-15-8-6-14(7-9-15)4-1-12-2-10-16-11-12/h2,10-11H,1,3-9H2. The Hall–Kier alpha value is -0.0900. The zero-order valence-electron chi connectivity index (χ0n) is 9.57. The predicted molar refractivity (Wildman–Crippen MR) is 71.6 cm³/mol. The number of rotatable bonds is 5. The van der Waals surface area contributed by atoms with E-state index in [1.54, 1.807) is 11.3 Å². The van der Waals surface area contributed by atoms with Crippen molar-refractivity contribution in [3.05, 3.63) is 22.4 Å². The molecule has 0 aliphatic carbocycles. The Kier molecular flexibility index (Phi) is 5.10. The van der Waals surface area contributed by atoms with Gasteiger partial charge in [0.05, 0.1) is 0 Å². The van der Waals surface area contributed by atoms with Crippen molar-refractivity contribution in [2.45, 2.75) is 6.42 Å². The van der Waals surface area contributed by atoms with Crippen LogP contribution in [0.15, 0.2) is 16.8 Å². The normalized spacial score (nSPS) is 19.1. The van der Waals surface area contributed by atoms with Crippen molar-refractivity contribution in [2.75, 3.05) is 45.1 Å². The van der Waals surface area contributed by atoms with Gasteiger partial charge in [-0.25, -0.2) is 0 Å². The van der Waals surface area contributed by atoms with Gasteiger partial charge >= 0.3 is 0 Å². The first kappa shape index (κ1) is 12.4. The van der Waals surface area contributed by atoms with Crippen LogP contribution in [0.25, 0.3) is 0 Å². The van der Waals surface area contributed by atoms with Gasteiger partial charge in [0.25, 0.3) is 0 Å². The van der Waals surface area contributed by atoms with Crippen LogP contribution >= 0.6 is 22.9 Å². The van der Waals surface area contributed by atoms with Crippen molar-refractivity contribution in [3.8, 4) is 0 Å². The van der Waals surface area contributed by atoms with E-state index in [9.17, 15) is 0 Å². The maximum Gasteiger partial charge on any atom is 0.0351 e. The van der Waals surface area contributed by atoms with E-state index >= 15 is 0 Å². The lowest BCUT2D eigenvalue weighted by molar-refractivity contribution is 0.139. The van der Waals surface area contributed by atoms with E-state index in [1.807, 2.05) is 0 Å². The fourth-order valence-corrected chi connectivity index (χ4v) is 3.02. The quantitative estimate of drug-likeness (QED) is 0.747. The molecule has 1 aromatic rings. The lowest BCUT2D eigenvalue weighted by Crippen LogP contribution is -2.47. The highest BCUT2D eigenvalue weighted by Gasteiger charge is 2.15. The third kappa shape index (κ3) is 3.74. The van der Waals surface area contributed by atoms with E-state index < -0.39 is 0 Å². The van der Waals surface area contributed by atoms with Crippen LogP contribution in [-0.2, 0) is 6.42 Å². The van der Waals surface area contributed by atoms with Crippen LogP contribution in [0.1, 0.15) is 5.56 Å². The van der Waals surface area contributed by atoms with Crippen LogP contribution in [-0.4, -0.2) is 54.9 Å². The van der Waals surface area contributed by atoms with Crippen molar-refractivity contribution >= 4 is 22.9 Å². The molecule has 1 aliphatic heterocycles. The van der Waals surface area contributed by atoms with E-state index in [0.29, 0.717) is 0 Å². The molecule has 0 bridgehead atoms. The number of alkyl halides is 1. The minimum absolute atomic E-state index is 0.759. The summed E-state index contributed by atoms with van der Waals surface area (Å²) in [5.41, 5.74) is 1.48. The van der Waals surface area contributed by atoms with Gasteiger partial charge in [0.15, 0.2) is 0 Å². The first-order chi connectivity index (χ1) is 7.88. The summed E-state index contributed by atoms with van der Waals surface area (Å²) >= 11 is 7.54. The van der Waals surface area contributed by atoms with Gasteiger partial charge in [-0.3, -0.25) is 4.90 Å². The highest BCUT2D eigenvalue weighted by atomic mass is 35.5. The molecule has 2 heterocycles. The van der Waals surface area contributed by atoms with Gasteiger partial charge in [-0.2, -0.15) is 11.3 Å². The van der Waals surface area contributed by atoms with Gasteiger partial charge < -0.3 is 4.90 Å². The molecule has 0 saturated carbocycles. The lowest BCUT2D eigenvalue weighted by Gasteiger charge is -2.34. The van der Waals surface area contributed by atoms with E-state index in [1.165, 1.54) is 44.7 Å². The first-order valence-electron chi connectivity index (χ1n) is 5.90. The molecule has 0 N–H and O–H groups in total. The van der Waals surface area contributed by atoms with Gasteiger partial charge in [0, 0.05) is 45.1 Å². The average Bonchev–Trinajstić information content (AvgIpc) is 2.82. The maximum atomic E-state index is 5.75. The van der Waals surface area contributed by atoms with E-state index in [4.69, 9.17) is 11.6 Å². The Morgan fingerprint density at radius 3 is 2.38 bits per heavy atom. The Morgan fingerprint density at radius 1 is 1.12 bits per heavy atom. The van der Waals surface area contributed by atoms with Crippen LogP contribution in [0, 0.1) is 0 Å². The monoisotopic (exact) mass is 258 g/mol. The number of piperazine rings is 1. The molecule has 0 atom stereocenters. The molecule has 0 amide bonds. The van der Waals surface area contributed by atoms with Crippen molar-refractivity contribution < 1.29 is 0 Å². The third-order valence-corrected chi connectivity index (χ3v) is 4.06. The minimum Gasteiger partial charge on any atom is -0.300 e. The second-order valence-electron chi connectivity index (χ2n) is 4.25. The number of thiophene rings is 1. The van der Waals surface area contributed by atoms with Crippen LogP contribution in [0.3, 0.4) is 0 Å². The van der Waals surface area contributed by atoms with Crippen LogP contribution in [0.4, 0.5) is 0 Å². The maximum absolute atomic E-state index is 5.75. The molecule has 0 aromatic carbocycles. The summed E-state index contributed by atoms with van der Waals surface area (Å²) in [6.07, 6.45) is 1.19. The molecule has 0 radical (unpaired) electrons. The zero-order chi connectivity index (χ0) is 11.2. The highest BCUT2D eigenvalue weighted by Crippen LogP contribution is 2.08. The fourth-order valence-electron chi connectivity index (χ4n) is 2.08. The second-order valence-corrected chi connectivity index (χ2v) is 5.41. The van der Waals surface area contributed by atoms with Gasteiger partial charge in [-0.15, -0.1) is 11.6 Å². The summed E-state index contributed by atoms with van der Waals surface area (Å²) in [4.78, 5) is 5.01. The van der Waals surface area contributed by atoms with E-state index in [0.717, 1.165) is 12.4 Å². The van der Waals surface area contributed by atoms with Crippen LogP contribution in [0.5, 0.6) is 0 Å². The minimum atomic E-state index is 0.759. The van der Waals surface area contributed by atoms with Crippen molar-refractivity contribution in [3.63, 3.8) is 0 Å². The second kappa shape index (κ2) is 6.60. The molecule has 0 unspecified atom stereocenters. The van der Waals surface area contributed by atoms with Crippen LogP contribution in [0.2, 0.25) is 0 Å². The SMILES string of the molecule is ClCCN1CCN(CCc2ccsc2)CC1. The summed E-state index contributed by atoms with van der Waals surface area (Å²) in [7, 11) is 0. The van der Waals surface area contributed by atoms with Gasteiger partial charge in [0.1, 0.15) is 0 Å². The lowest BCUT2D eigenvalue weighted by atomic mass is 10.2. The molecule has 1 aromatic heterocycles. The average molecular weight is 259 g/mol. The van der Waals surface area contributed by atoms with Gasteiger partial charge in [-0.1, -0.05) is 0 Å². The smallest absolute Gasteiger partial charge is 0.0351 e. The topological polar surface area (TPSA) is 6.48 Å². The summed E-state index contributed by atoms with van der Waals surface area (Å²) in [6.45, 7) is 6.99. The molecular formula is C12H19ClN2S. The molecule has 16 heavy (non-hydrogen) atoms. The Morgan fingerprint density at radius 2 is 1.81 bits per heavy atom. The molecular weight excluding hydrogens is 240 g/mol. The summed E-state index contributed by atoms with van der Waals surface area (Å²) in [5, 5.41) is 4.41. The summed E-state index contributed by atoms with van der Waals surface area (Å²) < 4.78 is 0. The highest BCUT2D eigenvalue weighted by molar-refractivity contribution is 7.07. The van der Waals surface area contributed by atoms with Crippen LogP contribution < -0.4 is 0 Å². The molecule has 0 spiro atoms. The Labute approximate surface area is 107 Å². The molecule has 2 nitrogen and oxygen atoms in total. The molecule has 1 aliphatic rings. The number of hydrogen-bond acceptors (Lipinski definition) is 3. The molecule has 90 valence electrons. The Bertz CT molecular complexity index is 281. The third-order valence-electron chi connectivity index (χ3n) is 3.16. The van der Waals surface area contributed by atoms with Crippen molar-refractivity contribution in [2.24, 2.45) is 0 Å². The van der Waals surface area contributed by atoms with Crippen molar-refractivity contribution in [1.29, 1.82) is 0 Å². The number of halogens is 1.